The number of oxazole rings is 1. The van der Waals surface area contributed by atoms with Crippen LogP contribution in [0.15, 0.2) is 41.0 Å². The van der Waals surface area contributed by atoms with Gasteiger partial charge in [0.05, 0.1) is 12.1 Å². The molecule has 0 aliphatic heterocycles. The fourth-order valence-corrected chi connectivity index (χ4v) is 2.53. The van der Waals surface area contributed by atoms with Crippen LogP contribution in [0.1, 0.15) is 45.2 Å². The van der Waals surface area contributed by atoms with Crippen molar-refractivity contribution >= 4 is 5.91 Å². The summed E-state index contributed by atoms with van der Waals surface area (Å²) in [5.74, 6) is 1.13. The third-order valence-corrected chi connectivity index (χ3v) is 4.05. The Bertz CT molecular complexity index is 592. The van der Waals surface area contributed by atoms with Crippen molar-refractivity contribution in [3.8, 4) is 11.5 Å². The SMILES string of the molecule is CCCCC(CC)CNC(=O)Cc1coc(-c2ccccc2)n1. The molecule has 0 fully saturated rings. The first-order valence-corrected chi connectivity index (χ1v) is 8.49. The molecule has 0 radical (unpaired) electrons. The molecule has 4 nitrogen and oxygen atoms in total. The molecule has 0 bridgehead atoms. The van der Waals surface area contributed by atoms with Crippen LogP contribution in [0.25, 0.3) is 11.5 Å². The first-order valence-electron chi connectivity index (χ1n) is 8.49. The maximum atomic E-state index is 12.1. The first kappa shape index (κ1) is 17.3. The smallest absolute Gasteiger partial charge is 0.226 e. The van der Waals surface area contributed by atoms with E-state index >= 15 is 0 Å². The molecular weight excluding hydrogens is 288 g/mol. The van der Waals surface area contributed by atoms with Crippen molar-refractivity contribution in [3.63, 3.8) is 0 Å². The van der Waals surface area contributed by atoms with Crippen molar-refractivity contribution in [2.24, 2.45) is 5.92 Å². The van der Waals surface area contributed by atoms with Gasteiger partial charge in [-0.05, 0) is 24.5 Å². The number of nitrogens with zero attached hydrogens (tertiary/aromatic N) is 1. The van der Waals surface area contributed by atoms with E-state index < -0.39 is 0 Å². The second-order valence-electron chi connectivity index (χ2n) is 5.91. The molecule has 124 valence electrons. The van der Waals surface area contributed by atoms with Crippen molar-refractivity contribution in [3.05, 3.63) is 42.3 Å². The number of carbonyl (C=O) groups is 1. The highest BCUT2D eigenvalue weighted by atomic mass is 16.3. The van der Waals surface area contributed by atoms with Crippen molar-refractivity contribution < 1.29 is 9.21 Å². The van der Waals surface area contributed by atoms with E-state index in [4.69, 9.17) is 4.42 Å². The normalized spacial score (nSPS) is 12.1. The van der Waals surface area contributed by atoms with Crippen LogP contribution in [0.5, 0.6) is 0 Å². The minimum Gasteiger partial charge on any atom is -0.444 e. The van der Waals surface area contributed by atoms with Crippen LogP contribution < -0.4 is 5.32 Å². The molecule has 4 heteroatoms. The van der Waals surface area contributed by atoms with Gasteiger partial charge in [-0.3, -0.25) is 4.79 Å². The van der Waals surface area contributed by atoms with E-state index in [1.807, 2.05) is 30.3 Å². The topological polar surface area (TPSA) is 55.1 Å². The molecule has 1 heterocycles. The summed E-state index contributed by atoms with van der Waals surface area (Å²) in [6.07, 6.45) is 6.53. The van der Waals surface area contributed by atoms with E-state index in [2.05, 4.69) is 24.1 Å². The van der Waals surface area contributed by atoms with E-state index in [-0.39, 0.29) is 12.3 Å². The number of carbonyl (C=O) groups excluding carboxylic acids is 1. The molecule has 0 aliphatic carbocycles. The van der Waals surface area contributed by atoms with Crippen LogP contribution in [0, 0.1) is 5.92 Å². The van der Waals surface area contributed by atoms with Gasteiger partial charge in [-0.25, -0.2) is 4.98 Å². The minimum atomic E-state index is 0.00728. The van der Waals surface area contributed by atoms with Gasteiger partial charge < -0.3 is 9.73 Å². The molecule has 1 unspecified atom stereocenters. The second-order valence-corrected chi connectivity index (χ2v) is 5.91. The fourth-order valence-electron chi connectivity index (χ4n) is 2.53. The van der Waals surface area contributed by atoms with Crippen molar-refractivity contribution in [2.45, 2.75) is 46.0 Å². The third-order valence-electron chi connectivity index (χ3n) is 4.05. The molecule has 1 aromatic heterocycles. The Hall–Kier alpha value is -2.10. The van der Waals surface area contributed by atoms with E-state index in [1.165, 1.54) is 19.3 Å². The molecule has 0 aliphatic rings. The summed E-state index contributed by atoms with van der Waals surface area (Å²) in [6, 6.07) is 9.70. The van der Waals surface area contributed by atoms with Crippen molar-refractivity contribution in [1.82, 2.24) is 10.3 Å². The quantitative estimate of drug-likeness (QED) is 0.754. The molecule has 0 saturated heterocycles. The molecule has 23 heavy (non-hydrogen) atoms. The number of hydrogen-bond acceptors (Lipinski definition) is 3. The van der Waals surface area contributed by atoms with E-state index in [1.54, 1.807) is 6.26 Å². The summed E-state index contributed by atoms with van der Waals surface area (Å²) >= 11 is 0. The number of hydrogen-bond donors (Lipinski definition) is 1. The fraction of sp³-hybridized carbons (Fsp3) is 0.474. The first-order chi connectivity index (χ1) is 11.2. The number of benzene rings is 1. The average Bonchev–Trinajstić information content (AvgIpc) is 3.04. The van der Waals surface area contributed by atoms with Crippen LogP contribution >= 0.6 is 0 Å². The second kappa shape index (κ2) is 9.13. The highest BCUT2D eigenvalue weighted by molar-refractivity contribution is 5.78. The zero-order valence-electron chi connectivity index (χ0n) is 14.0. The Morgan fingerprint density at radius 2 is 2.04 bits per heavy atom. The lowest BCUT2D eigenvalue weighted by atomic mass is 9.99. The molecule has 1 atom stereocenters. The van der Waals surface area contributed by atoms with Crippen LogP contribution in [0.4, 0.5) is 0 Å². The largest absolute Gasteiger partial charge is 0.444 e. The molecular formula is C19H26N2O2. The standard InChI is InChI=1S/C19H26N2O2/c1-3-5-9-15(4-2)13-20-18(22)12-17-14-23-19(21-17)16-10-7-6-8-11-16/h6-8,10-11,14-15H,3-5,9,12-13H2,1-2H3,(H,20,22). The molecule has 1 aromatic carbocycles. The number of aromatic nitrogens is 1. The predicted molar refractivity (Wildman–Crippen MR) is 92.0 cm³/mol. The lowest BCUT2D eigenvalue weighted by Crippen LogP contribution is -2.30. The van der Waals surface area contributed by atoms with Crippen molar-refractivity contribution in [2.75, 3.05) is 6.54 Å². The number of amides is 1. The van der Waals surface area contributed by atoms with Gasteiger partial charge in [0.1, 0.15) is 6.26 Å². The summed E-state index contributed by atoms with van der Waals surface area (Å²) in [5, 5.41) is 3.02. The Balaban J connectivity index is 1.83. The molecule has 1 N–H and O–H groups in total. The lowest BCUT2D eigenvalue weighted by Gasteiger charge is -2.14. The zero-order valence-corrected chi connectivity index (χ0v) is 14.0. The van der Waals surface area contributed by atoms with Gasteiger partial charge in [-0.15, -0.1) is 0 Å². The van der Waals surface area contributed by atoms with Gasteiger partial charge in [0, 0.05) is 12.1 Å². The summed E-state index contributed by atoms with van der Waals surface area (Å²) in [5.41, 5.74) is 1.59. The van der Waals surface area contributed by atoms with Gasteiger partial charge in [-0.1, -0.05) is 51.3 Å². The van der Waals surface area contributed by atoms with Gasteiger partial charge in [0.25, 0.3) is 0 Å². The summed E-state index contributed by atoms with van der Waals surface area (Å²) in [6.45, 7) is 5.12. The molecule has 0 spiro atoms. The van der Waals surface area contributed by atoms with E-state index in [9.17, 15) is 4.79 Å². The Morgan fingerprint density at radius 1 is 1.26 bits per heavy atom. The van der Waals surface area contributed by atoms with Crippen LogP contribution in [-0.2, 0) is 11.2 Å². The maximum absolute atomic E-state index is 12.1. The molecule has 1 amide bonds. The monoisotopic (exact) mass is 314 g/mol. The predicted octanol–water partition coefficient (Wildman–Crippen LogP) is 4.22. The van der Waals surface area contributed by atoms with Crippen LogP contribution in [0.2, 0.25) is 0 Å². The Morgan fingerprint density at radius 3 is 2.74 bits per heavy atom. The van der Waals surface area contributed by atoms with Gasteiger partial charge in [0.2, 0.25) is 11.8 Å². The minimum absolute atomic E-state index is 0.00728. The molecule has 2 aromatic rings. The molecule has 2 rings (SSSR count). The number of nitrogens with one attached hydrogen (secondary N) is 1. The van der Waals surface area contributed by atoms with E-state index in [0.717, 1.165) is 18.5 Å². The number of rotatable bonds is 9. The highest BCUT2D eigenvalue weighted by Crippen LogP contribution is 2.18. The Labute approximate surface area is 138 Å². The van der Waals surface area contributed by atoms with E-state index in [0.29, 0.717) is 17.5 Å². The zero-order chi connectivity index (χ0) is 16.5. The third kappa shape index (κ3) is 5.55. The average molecular weight is 314 g/mol. The van der Waals surface area contributed by atoms with Gasteiger partial charge in [0.15, 0.2) is 0 Å². The Kier molecular flexibility index (Phi) is 6.85. The van der Waals surface area contributed by atoms with Crippen molar-refractivity contribution in [1.29, 1.82) is 0 Å². The summed E-state index contributed by atoms with van der Waals surface area (Å²) in [4.78, 5) is 16.4. The van der Waals surface area contributed by atoms with Gasteiger partial charge in [-0.2, -0.15) is 0 Å². The maximum Gasteiger partial charge on any atom is 0.226 e. The van der Waals surface area contributed by atoms with Gasteiger partial charge >= 0.3 is 0 Å². The lowest BCUT2D eigenvalue weighted by molar-refractivity contribution is -0.120. The number of unbranched alkanes of at least 4 members (excludes halogenated alkanes) is 1. The van der Waals surface area contributed by atoms with Crippen LogP contribution in [-0.4, -0.2) is 17.4 Å². The summed E-state index contributed by atoms with van der Waals surface area (Å²) < 4.78 is 5.46. The summed E-state index contributed by atoms with van der Waals surface area (Å²) in [7, 11) is 0. The highest BCUT2D eigenvalue weighted by Gasteiger charge is 2.12. The van der Waals surface area contributed by atoms with Crippen LogP contribution in [0.3, 0.4) is 0 Å². The molecule has 0 saturated carbocycles.